The Hall–Kier alpha value is -3.99. The molecule has 8 nitrogen and oxygen atoms in total. The van der Waals surface area contributed by atoms with Crippen LogP contribution < -0.4 is 4.74 Å². The molecule has 1 aliphatic carbocycles. The van der Waals surface area contributed by atoms with Gasteiger partial charge in [-0.1, -0.05) is 23.4 Å². The highest BCUT2D eigenvalue weighted by Crippen LogP contribution is 2.38. The van der Waals surface area contributed by atoms with Crippen LogP contribution in [-0.2, 0) is 11.2 Å². The van der Waals surface area contributed by atoms with Crippen LogP contribution in [0.4, 0.5) is 4.79 Å². The summed E-state index contributed by atoms with van der Waals surface area (Å²) in [4.78, 5) is 20.1. The van der Waals surface area contributed by atoms with Crippen LogP contribution in [-0.4, -0.2) is 35.2 Å². The van der Waals surface area contributed by atoms with E-state index in [1.54, 1.807) is 31.3 Å². The van der Waals surface area contributed by atoms with Crippen molar-refractivity contribution in [3.63, 3.8) is 0 Å². The molecule has 4 rings (SSSR count). The minimum atomic E-state index is -0.577. The van der Waals surface area contributed by atoms with Crippen LogP contribution in [0.1, 0.15) is 49.8 Å². The lowest BCUT2D eigenvalue weighted by Crippen LogP contribution is -2.06. The lowest BCUT2D eigenvalue weighted by atomic mass is 9.99. The third-order valence-corrected chi connectivity index (χ3v) is 5.32. The molecular formula is C25H24N4O4. The minimum absolute atomic E-state index is 0.0300. The number of nitriles is 1. The van der Waals surface area contributed by atoms with Gasteiger partial charge in [-0.3, -0.25) is 0 Å². The highest BCUT2D eigenvalue weighted by molar-refractivity contribution is 5.84. The standard InChI is InChI=1S/C25H24N4O4/c1-4-31-25(30)27-14-17-8-10-20-19(17)6-5-7-21(20)23-28-24(33-29-23)16-9-11-22(32-15(2)3)18(12-16)13-26/h5-7,9,11-12,14-15,17H,4,8,10H2,1-3H3. The van der Waals surface area contributed by atoms with Crippen molar-refractivity contribution in [3.05, 3.63) is 53.1 Å². The lowest BCUT2D eigenvalue weighted by molar-refractivity contribution is 0.163. The molecule has 3 aromatic rings. The van der Waals surface area contributed by atoms with Gasteiger partial charge in [0.05, 0.1) is 18.3 Å². The average Bonchev–Trinajstić information content (AvgIpc) is 3.45. The molecule has 1 aromatic heterocycles. The largest absolute Gasteiger partial charge is 0.490 e. The zero-order chi connectivity index (χ0) is 23.4. The molecule has 0 fully saturated rings. The average molecular weight is 444 g/mol. The van der Waals surface area contributed by atoms with Gasteiger partial charge in [0.2, 0.25) is 5.82 Å². The van der Waals surface area contributed by atoms with E-state index in [9.17, 15) is 10.1 Å². The van der Waals surface area contributed by atoms with Gasteiger partial charge in [-0.2, -0.15) is 15.2 Å². The Morgan fingerprint density at radius 1 is 1.36 bits per heavy atom. The van der Waals surface area contributed by atoms with Crippen molar-refractivity contribution >= 4 is 12.3 Å². The first-order valence-electron chi connectivity index (χ1n) is 10.9. The number of carbonyl (C=O) groups excluding carboxylic acids is 1. The Balaban J connectivity index is 1.61. The van der Waals surface area contributed by atoms with E-state index in [1.165, 1.54) is 0 Å². The van der Waals surface area contributed by atoms with Crippen molar-refractivity contribution in [1.82, 2.24) is 10.1 Å². The van der Waals surface area contributed by atoms with Crippen LogP contribution in [0.5, 0.6) is 5.75 Å². The number of aliphatic imine (C=N–C) groups is 1. The molecule has 168 valence electrons. The number of amides is 1. The molecule has 1 amide bonds. The molecule has 1 heterocycles. The maximum absolute atomic E-state index is 11.6. The summed E-state index contributed by atoms with van der Waals surface area (Å²) in [6.45, 7) is 5.86. The van der Waals surface area contributed by atoms with Gasteiger partial charge in [0.1, 0.15) is 11.8 Å². The fourth-order valence-corrected chi connectivity index (χ4v) is 3.92. The number of nitrogens with zero attached hydrogens (tertiary/aromatic N) is 4. The summed E-state index contributed by atoms with van der Waals surface area (Å²) in [6, 6.07) is 13.3. The number of hydrogen-bond donors (Lipinski definition) is 0. The minimum Gasteiger partial charge on any atom is -0.490 e. The first-order valence-corrected chi connectivity index (χ1v) is 10.9. The van der Waals surface area contributed by atoms with E-state index in [0.717, 1.165) is 29.5 Å². The molecule has 0 saturated carbocycles. The fraction of sp³-hybridized carbons (Fsp3) is 0.320. The van der Waals surface area contributed by atoms with E-state index in [1.807, 2.05) is 32.0 Å². The maximum atomic E-state index is 11.6. The normalized spacial score (nSPS) is 14.9. The second-order valence-corrected chi connectivity index (χ2v) is 7.91. The monoisotopic (exact) mass is 444 g/mol. The molecular weight excluding hydrogens is 420 g/mol. The third-order valence-electron chi connectivity index (χ3n) is 5.32. The van der Waals surface area contributed by atoms with E-state index in [-0.39, 0.29) is 12.0 Å². The van der Waals surface area contributed by atoms with Crippen LogP contribution >= 0.6 is 0 Å². The van der Waals surface area contributed by atoms with E-state index in [4.69, 9.17) is 14.0 Å². The molecule has 0 N–H and O–H groups in total. The molecule has 33 heavy (non-hydrogen) atoms. The predicted molar refractivity (Wildman–Crippen MR) is 122 cm³/mol. The van der Waals surface area contributed by atoms with Gasteiger partial charge in [0.25, 0.3) is 5.89 Å². The van der Waals surface area contributed by atoms with Crippen molar-refractivity contribution < 1.29 is 18.8 Å². The number of rotatable bonds is 6. The summed E-state index contributed by atoms with van der Waals surface area (Å²) in [6.07, 6.45) is 2.69. The van der Waals surface area contributed by atoms with Gasteiger partial charge in [-0.25, -0.2) is 4.79 Å². The molecule has 8 heteroatoms. The van der Waals surface area contributed by atoms with Gasteiger partial charge in [0.15, 0.2) is 0 Å². The summed E-state index contributed by atoms with van der Waals surface area (Å²) in [5, 5.41) is 13.7. The summed E-state index contributed by atoms with van der Waals surface area (Å²) in [7, 11) is 0. The number of carbonyl (C=O) groups is 1. The zero-order valence-corrected chi connectivity index (χ0v) is 18.7. The smallest absolute Gasteiger partial charge is 0.433 e. The van der Waals surface area contributed by atoms with E-state index in [0.29, 0.717) is 35.2 Å². The van der Waals surface area contributed by atoms with Crippen LogP contribution in [0.3, 0.4) is 0 Å². The van der Waals surface area contributed by atoms with Crippen molar-refractivity contribution in [3.8, 4) is 34.7 Å². The van der Waals surface area contributed by atoms with Gasteiger partial charge in [-0.15, -0.1) is 0 Å². The Kier molecular flexibility index (Phi) is 6.50. The molecule has 0 saturated heterocycles. The van der Waals surface area contributed by atoms with Gasteiger partial charge < -0.3 is 14.0 Å². The third kappa shape index (κ3) is 4.77. The number of aromatic nitrogens is 2. The fourth-order valence-electron chi connectivity index (χ4n) is 3.92. The lowest BCUT2D eigenvalue weighted by Gasteiger charge is -2.11. The molecule has 1 atom stereocenters. The molecule has 0 radical (unpaired) electrons. The summed E-state index contributed by atoms with van der Waals surface area (Å²) < 4.78 is 16.1. The molecule has 1 unspecified atom stereocenters. The van der Waals surface area contributed by atoms with Crippen LogP contribution in [0.25, 0.3) is 22.8 Å². The molecule has 0 bridgehead atoms. The first-order chi connectivity index (χ1) is 16.0. The molecule has 0 spiro atoms. The molecule has 1 aliphatic rings. The van der Waals surface area contributed by atoms with E-state index < -0.39 is 6.09 Å². The predicted octanol–water partition coefficient (Wildman–Crippen LogP) is 5.32. The van der Waals surface area contributed by atoms with E-state index in [2.05, 4.69) is 21.2 Å². The topological polar surface area (TPSA) is 111 Å². The van der Waals surface area contributed by atoms with Crippen LogP contribution in [0.15, 0.2) is 45.9 Å². The second-order valence-electron chi connectivity index (χ2n) is 7.91. The first kappa shape index (κ1) is 22.2. The van der Waals surface area contributed by atoms with E-state index >= 15 is 0 Å². The molecule has 0 aliphatic heterocycles. The number of fused-ring (bicyclic) bond motifs is 1. The van der Waals surface area contributed by atoms with Gasteiger partial charge in [-0.05, 0) is 62.9 Å². The Bertz CT molecular complexity index is 1240. The van der Waals surface area contributed by atoms with Crippen molar-refractivity contribution in [2.24, 2.45) is 4.99 Å². The number of hydrogen-bond acceptors (Lipinski definition) is 7. The van der Waals surface area contributed by atoms with Crippen LogP contribution in [0.2, 0.25) is 0 Å². The summed E-state index contributed by atoms with van der Waals surface area (Å²) in [5.41, 5.74) is 4.14. The zero-order valence-electron chi connectivity index (χ0n) is 18.7. The SMILES string of the molecule is CCOC(=O)N=CC1CCc2c(-c3noc(-c4ccc(OC(C)C)c(C#N)c4)n3)cccc21. The highest BCUT2D eigenvalue weighted by atomic mass is 16.5. The van der Waals surface area contributed by atoms with Crippen molar-refractivity contribution in [2.75, 3.05) is 6.61 Å². The highest BCUT2D eigenvalue weighted by Gasteiger charge is 2.26. The van der Waals surface area contributed by atoms with Gasteiger partial charge in [0, 0.05) is 23.3 Å². The maximum Gasteiger partial charge on any atom is 0.433 e. The summed E-state index contributed by atoms with van der Waals surface area (Å²) >= 11 is 0. The van der Waals surface area contributed by atoms with Gasteiger partial charge >= 0.3 is 6.09 Å². The quantitative estimate of drug-likeness (QED) is 0.473. The van der Waals surface area contributed by atoms with Crippen LogP contribution in [0, 0.1) is 11.3 Å². The summed E-state index contributed by atoms with van der Waals surface area (Å²) in [5.74, 6) is 1.36. The number of benzene rings is 2. The Labute approximate surface area is 191 Å². The Morgan fingerprint density at radius 2 is 2.21 bits per heavy atom. The van der Waals surface area contributed by atoms with Crippen molar-refractivity contribution in [1.29, 1.82) is 5.26 Å². The Morgan fingerprint density at radius 3 is 2.97 bits per heavy atom. The second kappa shape index (κ2) is 9.65. The number of ether oxygens (including phenoxy) is 2. The van der Waals surface area contributed by atoms with Crippen molar-refractivity contribution in [2.45, 2.75) is 45.6 Å². The molecule has 2 aromatic carbocycles.